The molecule has 0 spiro atoms. The number of alkyl halides is 1. The van der Waals surface area contributed by atoms with Crippen molar-refractivity contribution in [1.82, 2.24) is 0 Å². The number of benzene rings is 1. The number of hydrogen-bond acceptors (Lipinski definition) is 3. The minimum atomic E-state index is -0.416. The molecule has 0 aromatic heterocycles. The number of ether oxygens (including phenoxy) is 1. The molecule has 0 atom stereocenters. The van der Waals surface area contributed by atoms with E-state index in [0.29, 0.717) is 27.5 Å². The predicted octanol–water partition coefficient (Wildman–Crippen LogP) is 3.39. The number of nitriles is 1. The molecule has 0 amide bonds. The van der Waals surface area contributed by atoms with Crippen molar-refractivity contribution in [3.05, 3.63) is 33.3 Å². The molecule has 1 aromatic rings. The van der Waals surface area contributed by atoms with Gasteiger partial charge in [0.15, 0.2) is 0 Å². The Kier molecular flexibility index (Phi) is 4.97. The third-order valence-electron chi connectivity index (χ3n) is 1.97. The summed E-state index contributed by atoms with van der Waals surface area (Å²) in [5.41, 5.74) is 1.63. The first-order chi connectivity index (χ1) is 7.65. The Balaban J connectivity index is 3.33. The highest BCUT2D eigenvalue weighted by Crippen LogP contribution is 2.27. The van der Waals surface area contributed by atoms with Gasteiger partial charge < -0.3 is 4.74 Å². The average molecular weight is 347 g/mol. The maximum Gasteiger partial charge on any atom is 0.339 e. The summed E-state index contributed by atoms with van der Waals surface area (Å²) in [5, 5.41) is 9.41. The molecule has 0 aliphatic carbocycles. The molecule has 0 aliphatic heterocycles. The van der Waals surface area contributed by atoms with Crippen molar-refractivity contribution in [3.8, 4) is 6.07 Å². The van der Waals surface area contributed by atoms with Gasteiger partial charge in [-0.05, 0) is 34.5 Å². The topological polar surface area (TPSA) is 50.1 Å². The van der Waals surface area contributed by atoms with Gasteiger partial charge in [-0.2, -0.15) is 5.26 Å². The smallest absolute Gasteiger partial charge is 0.339 e. The third kappa shape index (κ3) is 2.63. The fourth-order valence-corrected chi connectivity index (χ4v) is 2.34. The van der Waals surface area contributed by atoms with Crippen LogP contribution in [0.25, 0.3) is 0 Å². The van der Waals surface area contributed by atoms with E-state index in [0.717, 1.165) is 5.56 Å². The van der Waals surface area contributed by atoms with Gasteiger partial charge in [0.05, 0.1) is 22.2 Å². The number of nitrogens with zero attached hydrogens (tertiary/aromatic N) is 1. The molecule has 1 aromatic carbocycles. The molecule has 16 heavy (non-hydrogen) atoms. The highest BCUT2D eigenvalue weighted by Gasteiger charge is 2.18. The van der Waals surface area contributed by atoms with Gasteiger partial charge >= 0.3 is 5.97 Å². The van der Waals surface area contributed by atoms with Gasteiger partial charge in [-0.25, -0.2) is 4.79 Å². The van der Waals surface area contributed by atoms with E-state index in [1.807, 2.05) is 6.07 Å². The fourth-order valence-electron chi connectivity index (χ4n) is 1.24. The zero-order chi connectivity index (χ0) is 12.1. The molecule has 5 heteroatoms. The minimum absolute atomic E-state index is 0.309. The lowest BCUT2D eigenvalue weighted by atomic mass is 10.1. The molecule has 0 aliphatic rings. The van der Waals surface area contributed by atoms with Crippen LogP contribution >= 0.6 is 31.9 Å². The summed E-state index contributed by atoms with van der Waals surface area (Å²) in [6.07, 6.45) is 0. The van der Waals surface area contributed by atoms with E-state index >= 15 is 0 Å². The summed E-state index contributed by atoms with van der Waals surface area (Å²) in [6, 6.07) is 5.42. The number of carbonyl (C=O) groups is 1. The number of hydrogen-bond donors (Lipinski definition) is 0. The molecular formula is C11H9Br2NO2. The summed E-state index contributed by atoms with van der Waals surface area (Å²) in [7, 11) is 0. The Morgan fingerprint density at radius 1 is 1.56 bits per heavy atom. The lowest BCUT2D eigenvalue weighted by Crippen LogP contribution is -2.09. The van der Waals surface area contributed by atoms with E-state index in [1.165, 1.54) is 0 Å². The van der Waals surface area contributed by atoms with Crippen LogP contribution in [0, 0.1) is 11.3 Å². The highest BCUT2D eigenvalue weighted by atomic mass is 79.9. The highest BCUT2D eigenvalue weighted by molar-refractivity contribution is 9.10. The van der Waals surface area contributed by atoms with Crippen LogP contribution in [-0.2, 0) is 10.1 Å². The van der Waals surface area contributed by atoms with Gasteiger partial charge in [0, 0.05) is 5.33 Å². The van der Waals surface area contributed by atoms with Crippen molar-refractivity contribution in [3.63, 3.8) is 0 Å². The van der Waals surface area contributed by atoms with Crippen LogP contribution in [0.4, 0.5) is 0 Å². The average Bonchev–Trinajstić information content (AvgIpc) is 2.28. The number of halogens is 2. The van der Waals surface area contributed by atoms with Crippen LogP contribution in [0.15, 0.2) is 16.6 Å². The lowest BCUT2D eigenvalue weighted by Gasteiger charge is -2.09. The third-order valence-corrected chi connectivity index (χ3v) is 3.40. The molecule has 0 N–H and O–H groups in total. The Labute approximate surface area is 111 Å². The van der Waals surface area contributed by atoms with E-state index in [-0.39, 0.29) is 0 Å². The van der Waals surface area contributed by atoms with E-state index in [2.05, 4.69) is 31.9 Å². The van der Waals surface area contributed by atoms with Crippen molar-refractivity contribution in [2.75, 3.05) is 6.61 Å². The van der Waals surface area contributed by atoms with Crippen molar-refractivity contribution < 1.29 is 9.53 Å². The summed E-state index contributed by atoms with van der Waals surface area (Å²) < 4.78 is 5.44. The van der Waals surface area contributed by atoms with E-state index in [1.54, 1.807) is 19.1 Å². The maximum atomic E-state index is 11.7. The predicted molar refractivity (Wildman–Crippen MR) is 67.4 cm³/mol. The standard InChI is InChI=1S/C11H9Br2NO2/c1-2-16-11(15)9-7(5-12)3-4-8(6-14)10(9)13/h3-4H,2,5H2,1H3. The molecule has 0 saturated carbocycles. The van der Waals surface area contributed by atoms with E-state index in [9.17, 15) is 4.79 Å². The van der Waals surface area contributed by atoms with E-state index in [4.69, 9.17) is 10.00 Å². The molecular weight excluding hydrogens is 338 g/mol. The quantitative estimate of drug-likeness (QED) is 0.622. The molecule has 3 nitrogen and oxygen atoms in total. The first kappa shape index (κ1) is 13.2. The summed E-state index contributed by atoms with van der Waals surface area (Å²) in [4.78, 5) is 11.7. The number of rotatable bonds is 3. The second kappa shape index (κ2) is 6.02. The zero-order valence-electron chi connectivity index (χ0n) is 8.59. The first-order valence-corrected chi connectivity index (χ1v) is 6.51. The minimum Gasteiger partial charge on any atom is -0.462 e. The second-order valence-corrected chi connectivity index (χ2v) is 4.28. The van der Waals surface area contributed by atoms with Gasteiger partial charge in [-0.1, -0.05) is 22.0 Å². The second-order valence-electron chi connectivity index (χ2n) is 2.93. The molecule has 0 heterocycles. The van der Waals surface area contributed by atoms with Crippen molar-refractivity contribution in [1.29, 1.82) is 5.26 Å². The van der Waals surface area contributed by atoms with Crippen LogP contribution < -0.4 is 0 Å². The van der Waals surface area contributed by atoms with Crippen LogP contribution in [0.1, 0.15) is 28.4 Å². The number of esters is 1. The molecule has 0 radical (unpaired) electrons. The fraction of sp³-hybridized carbons (Fsp3) is 0.273. The first-order valence-electron chi connectivity index (χ1n) is 4.60. The Morgan fingerprint density at radius 2 is 2.25 bits per heavy atom. The van der Waals surface area contributed by atoms with Gasteiger partial charge in [-0.15, -0.1) is 0 Å². The summed E-state index contributed by atoms with van der Waals surface area (Å²) >= 11 is 6.56. The van der Waals surface area contributed by atoms with Gasteiger partial charge in [0.1, 0.15) is 6.07 Å². The molecule has 84 valence electrons. The summed E-state index contributed by atoms with van der Waals surface area (Å²) in [5.74, 6) is -0.416. The summed E-state index contributed by atoms with van der Waals surface area (Å²) in [6.45, 7) is 2.05. The van der Waals surface area contributed by atoms with Gasteiger partial charge in [0.2, 0.25) is 0 Å². The van der Waals surface area contributed by atoms with Gasteiger partial charge in [-0.3, -0.25) is 0 Å². The zero-order valence-corrected chi connectivity index (χ0v) is 11.8. The van der Waals surface area contributed by atoms with Crippen LogP contribution in [0.5, 0.6) is 0 Å². The lowest BCUT2D eigenvalue weighted by molar-refractivity contribution is 0.0524. The molecule has 0 bridgehead atoms. The molecule has 0 saturated heterocycles. The van der Waals surface area contributed by atoms with Gasteiger partial charge in [0.25, 0.3) is 0 Å². The molecule has 0 unspecified atom stereocenters. The number of carbonyl (C=O) groups excluding carboxylic acids is 1. The Hall–Kier alpha value is -0.860. The molecule has 1 rings (SSSR count). The molecule has 0 fully saturated rings. The normalized spacial score (nSPS) is 9.62. The van der Waals surface area contributed by atoms with Crippen LogP contribution in [0.3, 0.4) is 0 Å². The monoisotopic (exact) mass is 345 g/mol. The van der Waals surface area contributed by atoms with Crippen LogP contribution in [-0.4, -0.2) is 12.6 Å². The maximum absolute atomic E-state index is 11.7. The largest absolute Gasteiger partial charge is 0.462 e. The van der Waals surface area contributed by atoms with Crippen molar-refractivity contribution in [2.45, 2.75) is 12.3 Å². The Bertz CT molecular complexity index is 452. The SMILES string of the molecule is CCOC(=O)c1c(CBr)ccc(C#N)c1Br. The Morgan fingerprint density at radius 3 is 2.75 bits per heavy atom. The van der Waals surface area contributed by atoms with Crippen molar-refractivity contribution in [2.24, 2.45) is 0 Å². The van der Waals surface area contributed by atoms with Crippen molar-refractivity contribution >= 4 is 37.8 Å². The van der Waals surface area contributed by atoms with Crippen LogP contribution in [0.2, 0.25) is 0 Å². The van der Waals surface area contributed by atoms with E-state index < -0.39 is 5.97 Å².